The molecule has 0 spiro atoms. The minimum Gasteiger partial charge on any atom is -0.497 e. The molecular formula is C17H21NO. The van der Waals surface area contributed by atoms with Gasteiger partial charge in [0.05, 0.1) is 7.11 Å². The van der Waals surface area contributed by atoms with E-state index in [0.29, 0.717) is 6.04 Å². The lowest BCUT2D eigenvalue weighted by Crippen LogP contribution is -2.21. The van der Waals surface area contributed by atoms with Crippen molar-refractivity contribution in [3.63, 3.8) is 0 Å². The van der Waals surface area contributed by atoms with E-state index in [1.165, 1.54) is 11.1 Å². The van der Waals surface area contributed by atoms with E-state index in [0.717, 1.165) is 18.7 Å². The fourth-order valence-corrected chi connectivity index (χ4v) is 2.09. The topological polar surface area (TPSA) is 21.3 Å². The van der Waals surface area contributed by atoms with Crippen molar-refractivity contribution in [3.05, 3.63) is 65.7 Å². The molecule has 0 heterocycles. The molecule has 0 saturated heterocycles. The summed E-state index contributed by atoms with van der Waals surface area (Å²) in [5, 5.41) is 3.54. The lowest BCUT2D eigenvalue weighted by Gasteiger charge is -2.14. The molecule has 2 aromatic carbocycles. The van der Waals surface area contributed by atoms with Crippen molar-refractivity contribution in [1.29, 1.82) is 0 Å². The molecule has 0 bridgehead atoms. The average Bonchev–Trinajstić information content (AvgIpc) is 2.48. The molecule has 2 nitrogen and oxygen atoms in total. The number of hydrogen-bond donors (Lipinski definition) is 1. The first kappa shape index (κ1) is 13.6. The summed E-state index contributed by atoms with van der Waals surface area (Å²) in [4.78, 5) is 0. The zero-order chi connectivity index (χ0) is 13.5. The highest BCUT2D eigenvalue weighted by Crippen LogP contribution is 2.17. The number of hydrogen-bond acceptors (Lipinski definition) is 2. The molecule has 0 saturated carbocycles. The van der Waals surface area contributed by atoms with Gasteiger partial charge in [0.1, 0.15) is 5.75 Å². The first-order valence-corrected chi connectivity index (χ1v) is 6.71. The van der Waals surface area contributed by atoms with E-state index in [2.05, 4.69) is 54.7 Å². The standard InChI is InChI=1S/C17H21NO/c1-14(16-8-10-17(19-2)11-9-16)18-13-12-15-6-4-3-5-7-15/h3-11,14,18H,12-13H2,1-2H3/t14-/m1/s1. The van der Waals surface area contributed by atoms with Crippen molar-refractivity contribution in [3.8, 4) is 5.75 Å². The van der Waals surface area contributed by atoms with Crippen molar-refractivity contribution in [2.45, 2.75) is 19.4 Å². The Kier molecular flexibility index (Phi) is 4.99. The predicted octanol–water partition coefficient (Wildman–Crippen LogP) is 3.59. The first-order chi connectivity index (χ1) is 9.29. The molecule has 1 N–H and O–H groups in total. The van der Waals surface area contributed by atoms with Gasteiger partial charge in [0.15, 0.2) is 0 Å². The summed E-state index contributed by atoms with van der Waals surface area (Å²) in [6, 6.07) is 19.1. The Morgan fingerprint density at radius 2 is 1.68 bits per heavy atom. The van der Waals surface area contributed by atoms with Gasteiger partial charge < -0.3 is 10.1 Å². The highest BCUT2D eigenvalue weighted by atomic mass is 16.5. The van der Waals surface area contributed by atoms with Crippen LogP contribution in [0.2, 0.25) is 0 Å². The fraction of sp³-hybridized carbons (Fsp3) is 0.294. The van der Waals surface area contributed by atoms with Crippen LogP contribution >= 0.6 is 0 Å². The van der Waals surface area contributed by atoms with E-state index < -0.39 is 0 Å². The van der Waals surface area contributed by atoms with Gasteiger partial charge in [0, 0.05) is 6.04 Å². The van der Waals surface area contributed by atoms with Crippen LogP contribution in [0.25, 0.3) is 0 Å². The van der Waals surface area contributed by atoms with Gasteiger partial charge in [-0.3, -0.25) is 0 Å². The summed E-state index contributed by atoms with van der Waals surface area (Å²) in [7, 11) is 1.69. The number of nitrogens with one attached hydrogen (secondary N) is 1. The van der Waals surface area contributed by atoms with E-state index in [4.69, 9.17) is 4.74 Å². The summed E-state index contributed by atoms with van der Waals surface area (Å²) in [5.41, 5.74) is 2.66. The Bertz CT molecular complexity index is 478. The molecule has 0 aromatic heterocycles. The minimum atomic E-state index is 0.356. The lowest BCUT2D eigenvalue weighted by molar-refractivity contribution is 0.414. The minimum absolute atomic E-state index is 0.356. The molecule has 2 rings (SSSR count). The maximum absolute atomic E-state index is 5.17. The summed E-state index contributed by atoms with van der Waals surface area (Å²) >= 11 is 0. The van der Waals surface area contributed by atoms with Crippen LogP contribution in [0.15, 0.2) is 54.6 Å². The summed E-state index contributed by atoms with van der Waals surface area (Å²) in [6.45, 7) is 3.17. The molecule has 0 fully saturated rings. The van der Waals surface area contributed by atoms with Crippen molar-refractivity contribution >= 4 is 0 Å². The lowest BCUT2D eigenvalue weighted by atomic mass is 10.1. The van der Waals surface area contributed by atoms with Gasteiger partial charge in [-0.2, -0.15) is 0 Å². The van der Waals surface area contributed by atoms with Crippen molar-refractivity contribution < 1.29 is 4.74 Å². The van der Waals surface area contributed by atoms with E-state index >= 15 is 0 Å². The molecule has 2 aromatic rings. The summed E-state index contributed by atoms with van der Waals surface area (Å²) < 4.78 is 5.17. The normalized spacial score (nSPS) is 12.1. The Labute approximate surface area is 115 Å². The Morgan fingerprint density at radius 1 is 1.00 bits per heavy atom. The van der Waals surface area contributed by atoms with E-state index in [9.17, 15) is 0 Å². The van der Waals surface area contributed by atoms with Gasteiger partial charge >= 0.3 is 0 Å². The maximum atomic E-state index is 5.17. The second-order valence-electron chi connectivity index (χ2n) is 4.68. The highest BCUT2D eigenvalue weighted by Gasteiger charge is 2.04. The molecule has 19 heavy (non-hydrogen) atoms. The van der Waals surface area contributed by atoms with Crippen LogP contribution < -0.4 is 10.1 Å². The Balaban J connectivity index is 1.82. The SMILES string of the molecule is COc1ccc([C@@H](C)NCCc2ccccc2)cc1. The predicted molar refractivity (Wildman–Crippen MR) is 79.6 cm³/mol. The molecule has 0 amide bonds. The third kappa shape index (κ3) is 4.11. The van der Waals surface area contributed by atoms with Crippen molar-refractivity contribution in [2.75, 3.05) is 13.7 Å². The summed E-state index contributed by atoms with van der Waals surface area (Å²) in [6.07, 6.45) is 1.06. The third-order valence-electron chi connectivity index (χ3n) is 3.32. The quantitative estimate of drug-likeness (QED) is 0.851. The second kappa shape index (κ2) is 6.95. The molecule has 0 aliphatic heterocycles. The van der Waals surface area contributed by atoms with Gasteiger partial charge in [0.2, 0.25) is 0 Å². The number of rotatable bonds is 6. The van der Waals surface area contributed by atoms with Crippen LogP contribution in [0.1, 0.15) is 24.1 Å². The van der Waals surface area contributed by atoms with E-state index in [1.807, 2.05) is 12.1 Å². The van der Waals surface area contributed by atoms with Crippen LogP contribution in [-0.2, 0) is 6.42 Å². The molecule has 0 aliphatic carbocycles. The summed E-state index contributed by atoms with van der Waals surface area (Å²) in [5.74, 6) is 0.903. The number of ether oxygens (including phenoxy) is 1. The first-order valence-electron chi connectivity index (χ1n) is 6.71. The van der Waals surface area contributed by atoms with Crippen molar-refractivity contribution in [1.82, 2.24) is 5.32 Å². The second-order valence-corrected chi connectivity index (χ2v) is 4.68. The van der Waals surface area contributed by atoms with Crippen LogP contribution in [0.3, 0.4) is 0 Å². The number of methoxy groups -OCH3 is 1. The van der Waals surface area contributed by atoms with Crippen LogP contribution in [-0.4, -0.2) is 13.7 Å². The van der Waals surface area contributed by atoms with Crippen LogP contribution in [0, 0.1) is 0 Å². The zero-order valence-corrected chi connectivity index (χ0v) is 11.6. The molecule has 0 unspecified atom stereocenters. The van der Waals surface area contributed by atoms with E-state index in [1.54, 1.807) is 7.11 Å². The molecule has 0 radical (unpaired) electrons. The Hall–Kier alpha value is -1.80. The third-order valence-corrected chi connectivity index (χ3v) is 3.32. The van der Waals surface area contributed by atoms with Gasteiger partial charge in [0.25, 0.3) is 0 Å². The maximum Gasteiger partial charge on any atom is 0.118 e. The smallest absolute Gasteiger partial charge is 0.118 e. The Morgan fingerprint density at radius 3 is 2.32 bits per heavy atom. The van der Waals surface area contributed by atoms with Gasteiger partial charge in [-0.15, -0.1) is 0 Å². The average molecular weight is 255 g/mol. The van der Waals surface area contributed by atoms with Gasteiger partial charge in [-0.1, -0.05) is 42.5 Å². The molecule has 100 valence electrons. The van der Waals surface area contributed by atoms with Gasteiger partial charge in [-0.05, 0) is 43.1 Å². The fourth-order valence-electron chi connectivity index (χ4n) is 2.09. The number of benzene rings is 2. The van der Waals surface area contributed by atoms with Crippen LogP contribution in [0.5, 0.6) is 5.75 Å². The monoisotopic (exact) mass is 255 g/mol. The molecule has 2 heteroatoms. The molecule has 1 atom stereocenters. The van der Waals surface area contributed by atoms with Crippen molar-refractivity contribution in [2.24, 2.45) is 0 Å². The van der Waals surface area contributed by atoms with Gasteiger partial charge in [-0.25, -0.2) is 0 Å². The zero-order valence-electron chi connectivity index (χ0n) is 11.6. The largest absolute Gasteiger partial charge is 0.497 e. The molecular weight excluding hydrogens is 234 g/mol. The van der Waals surface area contributed by atoms with Crippen LogP contribution in [0.4, 0.5) is 0 Å². The highest BCUT2D eigenvalue weighted by molar-refractivity contribution is 5.28. The molecule has 0 aliphatic rings. The van der Waals surface area contributed by atoms with E-state index in [-0.39, 0.29) is 0 Å².